The monoisotopic (exact) mass is 441 g/mol. The van der Waals surface area contributed by atoms with Crippen LogP contribution in [-0.2, 0) is 11.3 Å². The number of non-ortho nitro benzene ring substituents is 1. The van der Waals surface area contributed by atoms with Gasteiger partial charge in [-0.3, -0.25) is 19.8 Å². The molecule has 0 aromatic heterocycles. The van der Waals surface area contributed by atoms with Crippen LogP contribution in [0.25, 0.3) is 6.08 Å². The number of piperazine rings is 1. The fourth-order valence-electron chi connectivity index (χ4n) is 3.67. The Morgan fingerprint density at radius 3 is 2.38 bits per heavy atom. The number of benzene rings is 2. The van der Waals surface area contributed by atoms with Crippen molar-refractivity contribution >= 4 is 17.7 Å². The minimum Gasteiger partial charge on any atom is -0.493 e. The van der Waals surface area contributed by atoms with Crippen molar-refractivity contribution in [2.75, 3.05) is 47.5 Å². The largest absolute Gasteiger partial charge is 0.493 e. The molecule has 0 saturated carbocycles. The summed E-state index contributed by atoms with van der Waals surface area (Å²) in [6.45, 7) is 3.28. The van der Waals surface area contributed by atoms with Gasteiger partial charge in [-0.1, -0.05) is 18.2 Å². The lowest BCUT2D eigenvalue weighted by Crippen LogP contribution is -2.47. The number of nitro benzene ring substituents is 1. The first-order valence-corrected chi connectivity index (χ1v) is 10.2. The Balaban J connectivity index is 1.59. The van der Waals surface area contributed by atoms with E-state index in [9.17, 15) is 14.9 Å². The molecule has 170 valence electrons. The summed E-state index contributed by atoms with van der Waals surface area (Å²) in [5, 5.41) is 10.9. The molecule has 0 unspecified atom stereocenters. The molecule has 0 aliphatic carbocycles. The van der Waals surface area contributed by atoms with E-state index >= 15 is 0 Å². The van der Waals surface area contributed by atoms with Crippen LogP contribution < -0.4 is 14.2 Å². The van der Waals surface area contributed by atoms with Crippen molar-refractivity contribution in [1.82, 2.24) is 9.80 Å². The third kappa shape index (κ3) is 5.36. The molecule has 0 N–H and O–H groups in total. The first-order valence-electron chi connectivity index (χ1n) is 10.2. The molecule has 1 fully saturated rings. The van der Waals surface area contributed by atoms with Gasteiger partial charge in [-0.15, -0.1) is 0 Å². The Labute approximate surface area is 186 Å². The summed E-state index contributed by atoms with van der Waals surface area (Å²) in [5.41, 5.74) is 1.60. The van der Waals surface area contributed by atoms with E-state index in [4.69, 9.17) is 14.2 Å². The highest BCUT2D eigenvalue weighted by Gasteiger charge is 2.22. The molecule has 9 nitrogen and oxygen atoms in total. The van der Waals surface area contributed by atoms with E-state index in [1.807, 2.05) is 12.1 Å². The minimum absolute atomic E-state index is 0.00111. The summed E-state index contributed by atoms with van der Waals surface area (Å²) in [6.07, 6.45) is 3.07. The molecule has 2 aromatic rings. The van der Waals surface area contributed by atoms with Gasteiger partial charge in [-0.05, 0) is 17.7 Å². The molecule has 1 amide bonds. The molecule has 0 spiro atoms. The second-order valence-electron chi connectivity index (χ2n) is 7.28. The summed E-state index contributed by atoms with van der Waals surface area (Å²) in [5.74, 6) is 1.71. The lowest BCUT2D eigenvalue weighted by atomic mass is 10.1. The Hall–Kier alpha value is -3.59. The Kier molecular flexibility index (Phi) is 7.67. The van der Waals surface area contributed by atoms with Gasteiger partial charge in [0.2, 0.25) is 11.7 Å². The highest BCUT2D eigenvalue weighted by atomic mass is 16.6. The quantitative estimate of drug-likeness (QED) is 0.353. The fourth-order valence-corrected chi connectivity index (χ4v) is 3.67. The van der Waals surface area contributed by atoms with Crippen LogP contribution in [0, 0.1) is 10.1 Å². The van der Waals surface area contributed by atoms with Gasteiger partial charge in [0.15, 0.2) is 11.5 Å². The van der Waals surface area contributed by atoms with Gasteiger partial charge in [0.25, 0.3) is 5.69 Å². The molecule has 3 rings (SSSR count). The van der Waals surface area contributed by atoms with E-state index < -0.39 is 4.92 Å². The van der Waals surface area contributed by atoms with Crippen molar-refractivity contribution in [3.8, 4) is 17.2 Å². The molecular weight excluding hydrogens is 414 g/mol. The van der Waals surface area contributed by atoms with E-state index in [-0.39, 0.29) is 11.6 Å². The molecule has 2 aromatic carbocycles. The van der Waals surface area contributed by atoms with Crippen LogP contribution >= 0.6 is 0 Å². The molecule has 1 heterocycles. The maximum Gasteiger partial charge on any atom is 0.270 e. The molecule has 0 atom stereocenters. The zero-order valence-corrected chi connectivity index (χ0v) is 18.4. The van der Waals surface area contributed by atoms with Crippen molar-refractivity contribution in [3.63, 3.8) is 0 Å². The predicted molar refractivity (Wildman–Crippen MR) is 120 cm³/mol. The predicted octanol–water partition coefficient (Wildman–Crippen LogP) is 2.98. The van der Waals surface area contributed by atoms with Gasteiger partial charge in [0.1, 0.15) is 0 Å². The summed E-state index contributed by atoms with van der Waals surface area (Å²) >= 11 is 0. The number of nitrogens with zero attached hydrogens (tertiary/aromatic N) is 3. The third-order valence-electron chi connectivity index (χ3n) is 5.36. The highest BCUT2D eigenvalue weighted by molar-refractivity contribution is 5.92. The van der Waals surface area contributed by atoms with Gasteiger partial charge in [-0.25, -0.2) is 0 Å². The Morgan fingerprint density at radius 2 is 1.75 bits per heavy atom. The second-order valence-corrected chi connectivity index (χ2v) is 7.28. The molecule has 9 heteroatoms. The lowest BCUT2D eigenvalue weighted by molar-refractivity contribution is -0.384. The standard InChI is InChI=1S/C23H27N3O6/c1-30-20-9-8-18(22(31-2)23(20)32-3)16-24-11-13-25(14-12-24)21(27)10-7-17-5-4-6-19(15-17)26(28)29/h4-10,15H,11-14,16H2,1-3H3/b10-7+. The number of rotatable bonds is 8. The van der Waals surface area contributed by atoms with Crippen LogP contribution in [0.15, 0.2) is 42.5 Å². The molecule has 32 heavy (non-hydrogen) atoms. The average Bonchev–Trinajstić information content (AvgIpc) is 2.82. The van der Waals surface area contributed by atoms with Crippen LogP contribution in [0.1, 0.15) is 11.1 Å². The van der Waals surface area contributed by atoms with E-state index in [2.05, 4.69) is 4.90 Å². The zero-order chi connectivity index (χ0) is 23.1. The van der Waals surface area contributed by atoms with E-state index in [0.717, 1.165) is 5.56 Å². The number of amides is 1. The number of methoxy groups -OCH3 is 3. The third-order valence-corrected chi connectivity index (χ3v) is 5.36. The summed E-state index contributed by atoms with van der Waals surface area (Å²) in [6, 6.07) is 10.0. The summed E-state index contributed by atoms with van der Waals surface area (Å²) < 4.78 is 16.3. The van der Waals surface area contributed by atoms with Gasteiger partial charge >= 0.3 is 0 Å². The maximum absolute atomic E-state index is 12.5. The van der Waals surface area contributed by atoms with E-state index in [1.54, 1.807) is 44.4 Å². The first-order chi connectivity index (χ1) is 15.5. The SMILES string of the molecule is COc1ccc(CN2CCN(C(=O)/C=C/c3cccc([N+](=O)[O-])c3)CC2)c(OC)c1OC. The zero-order valence-electron chi connectivity index (χ0n) is 18.4. The number of carbonyl (C=O) groups excluding carboxylic acids is 1. The number of hydrogen-bond acceptors (Lipinski definition) is 7. The number of nitro groups is 1. The summed E-state index contributed by atoms with van der Waals surface area (Å²) in [4.78, 5) is 27.0. The summed E-state index contributed by atoms with van der Waals surface area (Å²) in [7, 11) is 4.77. The Morgan fingerprint density at radius 1 is 1.03 bits per heavy atom. The van der Waals surface area contributed by atoms with E-state index in [1.165, 1.54) is 18.2 Å². The van der Waals surface area contributed by atoms with Gasteiger partial charge in [0, 0.05) is 56.5 Å². The van der Waals surface area contributed by atoms with Crippen molar-refractivity contribution in [3.05, 3.63) is 63.7 Å². The highest BCUT2D eigenvalue weighted by Crippen LogP contribution is 2.40. The van der Waals surface area contributed by atoms with Crippen LogP contribution in [0.5, 0.6) is 17.2 Å². The maximum atomic E-state index is 12.5. The van der Waals surface area contributed by atoms with Crippen molar-refractivity contribution in [1.29, 1.82) is 0 Å². The van der Waals surface area contributed by atoms with Crippen LogP contribution in [-0.4, -0.2) is 68.1 Å². The fraction of sp³-hybridized carbons (Fsp3) is 0.348. The first kappa shape index (κ1) is 23.1. The smallest absolute Gasteiger partial charge is 0.270 e. The molecule has 1 saturated heterocycles. The average molecular weight is 441 g/mol. The van der Waals surface area contributed by atoms with Crippen molar-refractivity contribution < 1.29 is 23.9 Å². The minimum atomic E-state index is -0.453. The molecule has 1 aliphatic heterocycles. The molecule has 0 radical (unpaired) electrons. The topological polar surface area (TPSA) is 94.4 Å². The Bertz CT molecular complexity index is 999. The van der Waals surface area contributed by atoms with Gasteiger partial charge in [-0.2, -0.15) is 0 Å². The normalized spacial score (nSPS) is 14.4. The lowest BCUT2D eigenvalue weighted by Gasteiger charge is -2.34. The van der Waals surface area contributed by atoms with Crippen molar-refractivity contribution in [2.24, 2.45) is 0 Å². The molecular formula is C23H27N3O6. The van der Waals surface area contributed by atoms with Gasteiger partial charge in [0.05, 0.1) is 26.3 Å². The van der Waals surface area contributed by atoms with Crippen molar-refractivity contribution in [2.45, 2.75) is 6.54 Å². The second kappa shape index (κ2) is 10.6. The number of ether oxygens (including phenoxy) is 3. The van der Waals surface area contributed by atoms with Crippen LogP contribution in [0.3, 0.4) is 0 Å². The number of carbonyl (C=O) groups is 1. The van der Waals surface area contributed by atoms with Crippen LogP contribution in [0.4, 0.5) is 5.69 Å². The van der Waals surface area contributed by atoms with Gasteiger partial charge < -0.3 is 19.1 Å². The molecule has 1 aliphatic rings. The van der Waals surface area contributed by atoms with Crippen LogP contribution in [0.2, 0.25) is 0 Å². The molecule has 0 bridgehead atoms. The number of hydrogen-bond donors (Lipinski definition) is 0. The van der Waals surface area contributed by atoms with E-state index in [0.29, 0.717) is 55.5 Å².